The zero-order valence-corrected chi connectivity index (χ0v) is 29.3. The highest BCUT2D eigenvalue weighted by molar-refractivity contribution is 6.19. The van der Waals surface area contributed by atoms with E-state index >= 15 is 0 Å². The van der Waals surface area contributed by atoms with Gasteiger partial charge in [0.1, 0.15) is 0 Å². The second-order valence-electron chi connectivity index (χ2n) is 15.3. The van der Waals surface area contributed by atoms with Crippen molar-refractivity contribution in [1.29, 1.82) is 0 Å². The first-order chi connectivity index (χ1) is 24.0. The summed E-state index contributed by atoms with van der Waals surface area (Å²) >= 11 is 0. The lowest BCUT2D eigenvalue weighted by molar-refractivity contribution is 0.590. The van der Waals surface area contributed by atoms with Gasteiger partial charge in [0.25, 0.3) is 0 Å². The molecular formula is C46H38N4. The van der Waals surface area contributed by atoms with E-state index in [1.54, 1.807) is 6.07 Å². The van der Waals surface area contributed by atoms with Crippen molar-refractivity contribution >= 4 is 55.0 Å². The highest BCUT2D eigenvalue weighted by atomic mass is 15.0. The van der Waals surface area contributed by atoms with Crippen molar-refractivity contribution in [2.24, 2.45) is 0 Å². The van der Waals surface area contributed by atoms with Gasteiger partial charge in [-0.1, -0.05) is 108 Å². The molecule has 0 aliphatic heterocycles. The summed E-state index contributed by atoms with van der Waals surface area (Å²) in [5.41, 5.74) is 11.8. The maximum atomic E-state index is 7.98. The summed E-state index contributed by atoms with van der Waals surface area (Å²) in [5.74, 6) is 0. The van der Waals surface area contributed by atoms with E-state index < -0.39 is 0 Å². The van der Waals surface area contributed by atoms with Gasteiger partial charge in [-0.05, 0) is 82.1 Å². The second-order valence-corrected chi connectivity index (χ2v) is 15.3. The Morgan fingerprint density at radius 3 is 1.64 bits per heavy atom. The van der Waals surface area contributed by atoms with Gasteiger partial charge in [0, 0.05) is 32.8 Å². The van der Waals surface area contributed by atoms with Gasteiger partial charge in [-0.25, -0.2) is 0 Å². The number of fused-ring (bicyclic) bond motifs is 6. The Bertz CT molecular complexity index is 2660. The SMILES string of the molecule is [C-]#[N+]c1ccc(-c2c(-n3c4ccc(C(C)(C)C)cc4c4cc(C(C)(C)C)ccc43)ccc3c2c2ccccc2n3-c2ccccc2)cc1[N+]#[C-]. The van der Waals surface area contributed by atoms with Crippen LogP contribution in [0, 0.1) is 13.1 Å². The van der Waals surface area contributed by atoms with Crippen LogP contribution >= 0.6 is 0 Å². The summed E-state index contributed by atoms with van der Waals surface area (Å²) in [6.45, 7) is 29.3. The van der Waals surface area contributed by atoms with Gasteiger partial charge in [-0.2, -0.15) is 0 Å². The van der Waals surface area contributed by atoms with Crippen LogP contribution in [-0.4, -0.2) is 9.13 Å². The Balaban J connectivity index is 1.58. The normalized spacial score (nSPS) is 12.2. The third kappa shape index (κ3) is 4.80. The van der Waals surface area contributed by atoms with Gasteiger partial charge in [-0.15, -0.1) is 0 Å². The number of rotatable bonds is 3. The Morgan fingerprint density at radius 1 is 0.480 bits per heavy atom. The summed E-state index contributed by atoms with van der Waals surface area (Å²) in [6.07, 6.45) is 0. The Labute approximate surface area is 293 Å². The number of hydrogen-bond donors (Lipinski definition) is 0. The number of benzene rings is 6. The van der Waals surface area contributed by atoms with Crippen molar-refractivity contribution in [3.05, 3.63) is 155 Å². The molecule has 0 aliphatic rings. The van der Waals surface area contributed by atoms with E-state index in [0.717, 1.165) is 55.3 Å². The molecule has 0 saturated heterocycles. The quantitative estimate of drug-likeness (QED) is 0.170. The van der Waals surface area contributed by atoms with E-state index in [0.29, 0.717) is 11.4 Å². The molecule has 0 spiro atoms. The fraction of sp³-hybridized carbons (Fsp3) is 0.174. The Hall–Kier alpha value is -6.10. The molecule has 0 bridgehead atoms. The predicted octanol–water partition coefficient (Wildman–Crippen LogP) is 13.2. The minimum absolute atomic E-state index is 0.00556. The fourth-order valence-electron chi connectivity index (χ4n) is 7.46. The zero-order chi connectivity index (χ0) is 34.9. The van der Waals surface area contributed by atoms with Crippen LogP contribution in [0.25, 0.3) is 75.8 Å². The molecule has 2 heterocycles. The molecule has 4 heteroatoms. The zero-order valence-electron chi connectivity index (χ0n) is 29.3. The molecule has 4 nitrogen and oxygen atoms in total. The molecule has 8 rings (SSSR count). The van der Waals surface area contributed by atoms with E-state index in [9.17, 15) is 0 Å². The third-order valence-corrected chi connectivity index (χ3v) is 10.1. The molecule has 0 unspecified atom stereocenters. The molecule has 0 atom stereocenters. The predicted molar refractivity (Wildman–Crippen MR) is 210 cm³/mol. The lowest BCUT2D eigenvalue weighted by atomic mass is 9.85. The van der Waals surface area contributed by atoms with Gasteiger partial charge in [0.2, 0.25) is 0 Å². The van der Waals surface area contributed by atoms with Gasteiger partial charge >= 0.3 is 0 Å². The molecule has 0 aliphatic carbocycles. The largest absolute Gasteiger partial charge is 0.309 e. The molecule has 0 N–H and O–H groups in total. The Kier molecular flexibility index (Phi) is 7.00. The monoisotopic (exact) mass is 646 g/mol. The van der Waals surface area contributed by atoms with Crippen molar-refractivity contribution in [3.63, 3.8) is 0 Å². The van der Waals surface area contributed by atoms with E-state index in [4.69, 9.17) is 13.1 Å². The summed E-state index contributed by atoms with van der Waals surface area (Å²) in [6, 6.07) is 43.1. The average molecular weight is 647 g/mol. The fourth-order valence-corrected chi connectivity index (χ4v) is 7.46. The number of para-hydroxylation sites is 2. The van der Waals surface area contributed by atoms with Crippen molar-refractivity contribution < 1.29 is 0 Å². The first-order valence-corrected chi connectivity index (χ1v) is 17.1. The van der Waals surface area contributed by atoms with Crippen LogP contribution in [0.2, 0.25) is 0 Å². The van der Waals surface area contributed by atoms with Gasteiger partial charge in [0.15, 0.2) is 11.4 Å². The van der Waals surface area contributed by atoms with E-state index in [2.05, 4.69) is 157 Å². The molecule has 0 radical (unpaired) electrons. The second kappa shape index (κ2) is 11.2. The summed E-state index contributed by atoms with van der Waals surface area (Å²) < 4.78 is 4.74. The summed E-state index contributed by atoms with van der Waals surface area (Å²) in [7, 11) is 0. The molecule has 242 valence electrons. The summed E-state index contributed by atoms with van der Waals surface area (Å²) in [5, 5.41) is 4.69. The molecule has 0 fully saturated rings. The van der Waals surface area contributed by atoms with Crippen LogP contribution in [0.3, 0.4) is 0 Å². The van der Waals surface area contributed by atoms with Crippen LogP contribution in [-0.2, 0) is 10.8 Å². The van der Waals surface area contributed by atoms with E-state index in [1.165, 1.54) is 21.9 Å². The van der Waals surface area contributed by atoms with Crippen LogP contribution < -0.4 is 0 Å². The minimum atomic E-state index is -0.00556. The highest BCUT2D eigenvalue weighted by Gasteiger charge is 2.25. The van der Waals surface area contributed by atoms with Crippen LogP contribution in [0.5, 0.6) is 0 Å². The van der Waals surface area contributed by atoms with Crippen LogP contribution in [0.15, 0.2) is 121 Å². The molecule has 8 aromatic rings. The first-order valence-electron chi connectivity index (χ1n) is 17.1. The van der Waals surface area contributed by atoms with Crippen LogP contribution in [0.4, 0.5) is 11.4 Å². The Morgan fingerprint density at radius 2 is 1.04 bits per heavy atom. The third-order valence-electron chi connectivity index (χ3n) is 10.1. The van der Waals surface area contributed by atoms with Gasteiger partial charge in [0.05, 0.1) is 40.9 Å². The molecule has 50 heavy (non-hydrogen) atoms. The number of aromatic nitrogens is 2. The topological polar surface area (TPSA) is 18.6 Å². The average Bonchev–Trinajstić information content (AvgIpc) is 3.62. The minimum Gasteiger partial charge on any atom is -0.309 e. The standard InChI is InChI=1S/C46H38N4/c1-45(2,3)30-19-22-39-34(27-30)35-28-31(46(4,5)6)20-23-40(35)50(39)41-24-25-42-44(43(41)29-18-21-36(47-7)37(26-29)48-8)33-16-12-13-17-38(33)49(42)32-14-10-9-11-15-32/h9-28H,1-6H3. The number of hydrogen-bond acceptors (Lipinski definition) is 0. The maximum Gasteiger partial charge on any atom is 0.195 e. The van der Waals surface area contributed by atoms with Crippen molar-refractivity contribution in [1.82, 2.24) is 9.13 Å². The molecular weight excluding hydrogens is 609 g/mol. The lowest BCUT2D eigenvalue weighted by Gasteiger charge is -2.20. The van der Waals surface area contributed by atoms with E-state index in [-0.39, 0.29) is 10.8 Å². The summed E-state index contributed by atoms with van der Waals surface area (Å²) in [4.78, 5) is 7.47. The van der Waals surface area contributed by atoms with E-state index in [1.807, 2.05) is 18.2 Å². The first kappa shape index (κ1) is 31.2. The van der Waals surface area contributed by atoms with Crippen LogP contribution in [0.1, 0.15) is 52.7 Å². The van der Waals surface area contributed by atoms with Crippen molar-refractivity contribution in [3.8, 4) is 22.5 Å². The molecule has 2 aromatic heterocycles. The lowest BCUT2D eigenvalue weighted by Crippen LogP contribution is -2.10. The van der Waals surface area contributed by atoms with Crippen molar-refractivity contribution in [2.45, 2.75) is 52.4 Å². The smallest absolute Gasteiger partial charge is 0.195 e. The molecule has 0 saturated carbocycles. The molecule has 0 amide bonds. The van der Waals surface area contributed by atoms with Crippen molar-refractivity contribution in [2.75, 3.05) is 0 Å². The highest BCUT2D eigenvalue weighted by Crippen LogP contribution is 2.46. The maximum absolute atomic E-state index is 7.98. The van der Waals surface area contributed by atoms with Gasteiger partial charge < -0.3 is 9.13 Å². The van der Waals surface area contributed by atoms with Gasteiger partial charge in [-0.3, -0.25) is 9.69 Å². The number of nitrogens with zero attached hydrogens (tertiary/aromatic N) is 4. The molecule has 6 aromatic carbocycles.